The topological polar surface area (TPSA) is 48.2 Å². The maximum atomic E-state index is 8.47. The summed E-state index contributed by atoms with van der Waals surface area (Å²) >= 11 is 7.36. The van der Waals surface area contributed by atoms with Crippen molar-refractivity contribution in [3.8, 4) is 6.19 Å². The van der Waals surface area contributed by atoms with Gasteiger partial charge in [0, 0.05) is 0 Å². The zero-order valence-corrected chi connectivity index (χ0v) is 9.99. The second-order valence-electron chi connectivity index (χ2n) is 2.81. The van der Waals surface area contributed by atoms with Gasteiger partial charge < -0.3 is 0 Å². The first-order chi connectivity index (χ1) is 7.17. The maximum Gasteiger partial charge on any atom is 0.183 e. The molecule has 0 saturated carbocycles. The smallest absolute Gasteiger partial charge is 0.183 e. The molecule has 0 fully saturated rings. The van der Waals surface area contributed by atoms with E-state index in [-0.39, 0.29) is 0 Å². The maximum absolute atomic E-state index is 8.47. The fraction of sp³-hybridized carbons (Fsp3) is 0.200. The van der Waals surface area contributed by atoms with Gasteiger partial charge in [0.05, 0.1) is 10.7 Å². The molecule has 15 heavy (non-hydrogen) atoms. The van der Waals surface area contributed by atoms with Crippen LogP contribution < -0.4 is 5.32 Å². The second-order valence-corrected chi connectivity index (χ2v) is 4.01. The molecule has 0 aliphatic rings. The highest BCUT2D eigenvalue weighted by Gasteiger charge is 2.01. The van der Waals surface area contributed by atoms with Crippen molar-refractivity contribution >= 4 is 34.2 Å². The summed E-state index contributed by atoms with van der Waals surface area (Å²) in [5.74, 6) is 0. The quantitative estimate of drug-likeness (QED) is 0.355. The van der Waals surface area contributed by atoms with Crippen LogP contribution in [0.25, 0.3) is 0 Å². The van der Waals surface area contributed by atoms with E-state index in [0.29, 0.717) is 15.9 Å². The molecule has 0 aromatic heterocycles. The molecule has 0 amide bonds. The molecule has 5 heteroatoms. The highest BCUT2D eigenvalue weighted by atomic mass is 35.5. The van der Waals surface area contributed by atoms with Crippen LogP contribution in [0.4, 0.5) is 5.69 Å². The number of halogens is 1. The second kappa shape index (κ2) is 5.64. The highest BCUT2D eigenvalue weighted by Crippen LogP contribution is 2.26. The Kier molecular flexibility index (Phi) is 4.47. The lowest BCUT2D eigenvalue weighted by Crippen LogP contribution is -2.12. The summed E-state index contributed by atoms with van der Waals surface area (Å²) in [6.07, 6.45) is 3.66. The highest BCUT2D eigenvalue weighted by molar-refractivity contribution is 8.13. The zero-order chi connectivity index (χ0) is 11.3. The standard InChI is InChI=1S/C10H10ClN3S/c1-7-3-4-9(8(11)5-7)14-10(15-2)13-6-12/h3-5H,1-2H3,(H,13,14). The Morgan fingerprint density at radius 1 is 1.60 bits per heavy atom. The van der Waals surface area contributed by atoms with E-state index in [2.05, 4.69) is 10.3 Å². The zero-order valence-electron chi connectivity index (χ0n) is 8.41. The average molecular weight is 240 g/mol. The van der Waals surface area contributed by atoms with E-state index >= 15 is 0 Å². The number of hydrogen-bond acceptors (Lipinski definition) is 3. The van der Waals surface area contributed by atoms with Gasteiger partial charge in [0.25, 0.3) is 0 Å². The molecule has 1 aromatic carbocycles. The van der Waals surface area contributed by atoms with Gasteiger partial charge in [-0.15, -0.1) is 0 Å². The number of benzene rings is 1. The molecule has 0 spiro atoms. The van der Waals surface area contributed by atoms with E-state index in [9.17, 15) is 0 Å². The molecular weight excluding hydrogens is 230 g/mol. The molecule has 0 aliphatic heterocycles. The number of aryl methyl sites for hydroxylation is 1. The molecule has 0 aliphatic carbocycles. The summed E-state index contributed by atoms with van der Waals surface area (Å²) in [4.78, 5) is 4.22. The van der Waals surface area contributed by atoms with Gasteiger partial charge in [0.15, 0.2) is 11.4 Å². The van der Waals surface area contributed by atoms with Gasteiger partial charge in [-0.1, -0.05) is 29.4 Å². The van der Waals surface area contributed by atoms with Crippen molar-refractivity contribution in [3.63, 3.8) is 0 Å². The number of amidine groups is 1. The predicted molar refractivity (Wildman–Crippen MR) is 65.5 cm³/mol. The molecule has 1 rings (SSSR count). The van der Waals surface area contributed by atoms with Crippen molar-refractivity contribution in [3.05, 3.63) is 28.8 Å². The van der Waals surface area contributed by atoms with Gasteiger partial charge in [-0.2, -0.15) is 5.26 Å². The van der Waals surface area contributed by atoms with E-state index < -0.39 is 0 Å². The molecular formula is C10H10ClN3S. The first kappa shape index (κ1) is 11.9. The third-order valence-corrected chi connectivity index (χ3v) is 2.56. The predicted octanol–water partition coefficient (Wildman–Crippen LogP) is 3.07. The Morgan fingerprint density at radius 2 is 2.33 bits per heavy atom. The Hall–Kier alpha value is -1.18. The van der Waals surface area contributed by atoms with Gasteiger partial charge >= 0.3 is 0 Å². The van der Waals surface area contributed by atoms with Gasteiger partial charge in [-0.05, 0) is 30.9 Å². The SMILES string of the molecule is CSC(=Nc1ccc(C)cc1Cl)NC#N. The number of nitriles is 1. The van der Waals surface area contributed by atoms with Gasteiger partial charge in [0.1, 0.15) is 0 Å². The monoisotopic (exact) mass is 239 g/mol. The molecule has 1 N–H and O–H groups in total. The lowest BCUT2D eigenvalue weighted by Gasteiger charge is -2.02. The third-order valence-electron chi connectivity index (χ3n) is 1.68. The Morgan fingerprint density at radius 3 is 2.87 bits per heavy atom. The van der Waals surface area contributed by atoms with E-state index in [0.717, 1.165) is 5.56 Å². The van der Waals surface area contributed by atoms with Crippen molar-refractivity contribution in [2.24, 2.45) is 4.99 Å². The average Bonchev–Trinajstić information content (AvgIpc) is 2.21. The Bertz CT molecular complexity index is 423. The number of nitrogens with zero attached hydrogens (tertiary/aromatic N) is 2. The molecule has 0 heterocycles. The summed E-state index contributed by atoms with van der Waals surface area (Å²) in [6.45, 7) is 1.96. The fourth-order valence-corrected chi connectivity index (χ4v) is 1.60. The summed E-state index contributed by atoms with van der Waals surface area (Å²) in [6, 6.07) is 5.59. The number of nitrogens with one attached hydrogen (secondary N) is 1. The molecule has 0 unspecified atom stereocenters. The van der Waals surface area contributed by atoms with Crippen LogP contribution in [0, 0.1) is 18.4 Å². The van der Waals surface area contributed by atoms with Crippen LogP contribution >= 0.6 is 23.4 Å². The molecule has 1 aromatic rings. The number of thioether (sulfide) groups is 1. The molecule has 0 saturated heterocycles. The third kappa shape index (κ3) is 3.46. The van der Waals surface area contributed by atoms with Gasteiger partial charge in [0.2, 0.25) is 0 Å². The molecule has 0 atom stereocenters. The van der Waals surface area contributed by atoms with E-state index in [1.807, 2.05) is 37.6 Å². The molecule has 0 bridgehead atoms. The first-order valence-electron chi connectivity index (χ1n) is 4.21. The van der Waals surface area contributed by atoms with Crippen LogP contribution in [0.1, 0.15) is 5.56 Å². The van der Waals surface area contributed by atoms with Crippen molar-refractivity contribution in [2.45, 2.75) is 6.92 Å². The summed E-state index contributed by atoms with van der Waals surface area (Å²) in [5, 5.41) is 12.1. The molecule has 0 radical (unpaired) electrons. The van der Waals surface area contributed by atoms with E-state index in [1.54, 1.807) is 0 Å². The molecule has 3 nitrogen and oxygen atoms in total. The fourth-order valence-electron chi connectivity index (χ4n) is 0.984. The van der Waals surface area contributed by atoms with Crippen LogP contribution in [0.3, 0.4) is 0 Å². The number of aliphatic imine (C=N–C) groups is 1. The van der Waals surface area contributed by atoms with Crippen LogP contribution in [0.5, 0.6) is 0 Å². The van der Waals surface area contributed by atoms with Crippen LogP contribution in [-0.2, 0) is 0 Å². The lowest BCUT2D eigenvalue weighted by atomic mass is 10.2. The minimum absolute atomic E-state index is 0.531. The molecule has 78 valence electrons. The van der Waals surface area contributed by atoms with Crippen molar-refractivity contribution in [1.29, 1.82) is 5.26 Å². The summed E-state index contributed by atoms with van der Waals surface area (Å²) in [5.41, 5.74) is 1.74. The Balaban J connectivity index is 3.01. The van der Waals surface area contributed by atoms with Crippen molar-refractivity contribution in [2.75, 3.05) is 6.26 Å². The minimum atomic E-state index is 0.531. The van der Waals surface area contributed by atoms with Crippen LogP contribution in [-0.4, -0.2) is 11.4 Å². The largest absolute Gasteiger partial charge is 0.271 e. The van der Waals surface area contributed by atoms with E-state index in [1.165, 1.54) is 11.8 Å². The first-order valence-corrected chi connectivity index (χ1v) is 5.81. The van der Waals surface area contributed by atoms with Crippen LogP contribution in [0.2, 0.25) is 5.02 Å². The minimum Gasteiger partial charge on any atom is -0.271 e. The van der Waals surface area contributed by atoms with Crippen LogP contribution in [0.15, 0.2) is 23.2 Å². The van der Waals surface area contributed by atoms with E-state index in [4.69, 9.17) is 16.9 Å². The Labute approximate surface area is 98.2 Å². The normalized spacial score (nSPS) is 10.9. The van der Waals surface area contributed by atoms with Crippen molar-refractivity contribution in [1.82, 2.24) is 5.32 Å². The van der Waals surface area contributed by atoms with Gasteiger partial charge in [-0.3, -0.25) is 5.32 Å². The van der Waals surface area contributed by atoms with Gasteiger partial charge in [-0.25, -0.2) is 4.99 Å². The van der Waals surface area contributed by atoms with Crippen molar-refractivity contribution < 1.29 is 0 Å². The number of hydrogen-bond donors (Lipinski definition) is 1. The summed E-state index contributed by atoms with van der Waals surface area (Å²) in [7, 11) is 0. The number of rotatable bonds is 1. The summed E-state index contributed by atoms with van der Waals surface area (Å²) < 4.78 is 0. The lowest BCUT2D eigenvalue weighted by molar-refractivity contribution is 1.28.